The standard InChI is InChI=1S/C19H26N4O2/c1-19(2,3)25-18(24)23-10-6-7-14(13-23)11-21-17-12-20-15-8-4-5-9-16(15)22-17/h4-5,8-9,12,14H,6-7,10-11,13H2,1-3H3,(H,21,22)/t14-/m1/s1. The van der Waals surface area contributed by atoms with Gasteiger partial charge in [-0.05, 0) is 51.7 Å². The fraction of sp³-hybridized carbons (Fsp3) is 0.526. The van der Waals surface area contributed by atoms with Crippen LogP contribution in [-0.2, 0) is 4.74 Å². The first-order valence-corrected chi connectivity index (χ1v) is 8.84. The van der Waals surface area contributed by atoms with Crippen molar-refractivity contribution in [2.24, 2.45) is 5.92 Å². The molecule has 1 fully saturated rings. The van der Waals surface area contributed by atoms with Crippen molar-refractivity contribution in [2.45, 2.75) is 39.2 Å². The summed E-state index contributed by atoms with van der Waals surface area (Å²) in [5.74, 6) is 1.16. The van der Waals surface area contributed by atoms with Gasteiger partial charge in [0.15, 0.2) is 0 Å². The van der Waals surface area contributed by atoms with Crippen LogP contribution >= 0.6 is 0 Å². The van der Waals surface area contributed by atoms with Crippen molar-refractivity contribution in [1.29, 1.82) is 0 Å². The number of hydrogen-bond donors (Lipinski definition) is 1. The van der Waals surface area contributed by atoms with Gasteiger partial charge in [-0.2, -0.15) is 0 Å². The predicted octanol–water partition coefficient (Wildman–Crippen LogP) is 3.69. The molecule has 2 heterocycles. The van der Waals surface area contributed by atoms with Gasteiger partial charge in [-0.1, -0.05) is 12.1 Å². The Morgan fingerprint density at radius 1 is 1.32 bits per heavy atom. The maximum absolute atomic E-state index is 12.2. The molecular formula is C19H26N4O2. The number of carbonyl (C=O) groups is 1. The third kappa shape index (κ3) is 4.81. The molecule has 6 nitrogen and oxygen atoms in total. The molecule has 1 aliphatic rings. The number of hydrogen-bond acceptors (Lipinski definition) is 5. The number of ether oxygens (including phenoxy) is 1. The molecule has 0 bridgehead atoms. The van der Waals surface area contributed by atoms with Crippen molar-refractivity contribution in [3.05, 3.63) is 30.5 Å². The van der Waals surface area contributed by atoms with Gasteiger partial charge in [-0.3, -0.25) is 4.98 Å². The normalized spacial score (nSPS) is 18.2. The summed E-state index contributed by atoms with van der Waals surface area (Å²) in [6.45, 7) is 7.93. The summed E-state index contributed by atoms with van der Waals surface area (Å²) in [5, 5.41) is 3.36. The zero-order valence-corrected chi connectivity index (χ0v) is 15.2. The van der Waals surface area contributed by atoms with E-state index in [-0.39, 0.29) is 6.09 Å². The number of carbonyl (C=O) groups excluding carboxylic acids is 1. The Morgan fingerprint density at radius 3 is 2.84 bits per heavy atom. The molecule has 0 aliphatic carbocycles. The Bertz CT molecular complexity index is 742. The lowest BCUT2D eigenvalue weighted by Crippen LogP contribution is -2.44. The molecule has 3 rings (SSSR count). The van der Waals surface area contributed by atoms with Crippen LogP contribution in [0, 0.1) is 5.92 Å². The number of para-hydroxylation sites is 2. The van der Waals surface area contributed by atoms with Gasteiger partial charge < -0.3 is 15.0 Å². The van der Waals surface area contributed by atoms with Gasteiger partial charge >= 0.3 is 6.09 Å². The van der Waals surface area contributed by atoms with Gasteiger partial charge in [0.25, 0.3) is 0 Å². The van der Waals surface area contributed by atoms with E-state index in [9.17, 15) is 4.79 Å². The molecular weight excluding hydrogens is 316 g/mol. The number of benzene rings is 1. The van der Waals surface area contributed by atoms with E-state index < -0.39 is 5.60 Å². The minimum atomic E-state index is -0.455. The Kier molecular flexibility index (Phi) is 5.06. The van der Waals surface area contributed by atoms with E-state index in [1.54, 1.807) is 6.20 Å². The summed E-state index contributed by atoms with van der Waals surface area (Å²) < 4.78 is 5.48. The second kappa shape index (κ2) is 7.25. The van der Waals surface area contributed by atoms with Gasteiger partial charge in [0.05, 0.1) is 17.2 Å². The second-order valence-electron chi connectivity index (χ2n) is 7.56. The van der Waals surface area contributed by atoms with Crippen LogP contribution in [0.3, 0.4) is 0 Å². The van der Waals surface area contributed by atoms with Gasteiger partial charge in [0.1, 0.15) is 11.4 Å². The minimum absolute atomic E-state index is 0.220. The zero-order chi connectivity index (χ0) is 17.9. The monoisotopic (exact) mass is 342 g/mol. The lowest BCUT2D eigenvalue weighted by Gasteiger charge is -2.34. The van der Waals surface area contributed by atoms with Gasteiger partial charge in [-0.25, -0.2) is 9.78 Å². The van der Waals surface area contributed by atoms with Crippen LogP contribution in [-0.4, -0.2) is 46.2 Å². The third-order valence-electron chi connectivity index (χ3n) is 4.19. The molecule has 1 atom stereocenters. The maximum atomic E-state index is 12.2. The van der Waals surface area contributed by atoms with Crippen LogP contribution in [0.15, 0.2) is 30.5 Å². The van der Waals surface area contributed by atoms with Crippen LogP contribution < -0.4 is 5.32 Å². The summed E-state index contributed by atoms with van der Waals surface area (Å²) in [6, 6.07) is 7.82. The number of amides is 1. The lowest BCUT2D eigenvalue weighted by molar-refractivity contribution is 0.0172. The van der Waals surface area contributed by atoms with Crippen molar-refractivity contribution in [2.75, 3.05) is 25.0 Å². The molecule has 0 saturated carbocycles. The molecule has 134 valence electrons. The molecule has 1 aliphatic heterocycles. The Morgan fingerprint density at radius 2 is 2.08 bits per heavy atom. The molecule has 1 aromatic heterocycles. The molecule has 1 saturated heterocycles. The number of anilines is 1. The summed E-state index contributed by atoms with van der Waals surface area (Å²) in [4.78, 5) is 23.1. The molecule has 2 aromatic rings. The fourth-order valence-electron chi connectivity index (χ4n) is 3.02. The van der Waals surface area contributed by atoms with E-state index in [0.717, 1.165) is 42.8 Å². The van der Waals surface area contributed by atoms with E-state index in [1.807, 2.05) is 49.9 Å². The third-order valence-corrected chi connectivity index (χ3v) is 4.19. The first-order valence-electron chi connectivity index (χ1n) is 8.84. The Hall–Kier alpha value is -2.37. The van der Waals surface area contributed by atoms with E-state index in [4.69, 9.17) is 4.74 Å². The number of rotatable bonds is 3. The van der Waals surface area contributed by atoms with E-state index in [0.29, 0.717) is 12.5 Å². The topological polar surface area (TPSA) is 67.3 Å². The first-order chi connectivity index (χ1) is 11.9. The van der Waals surface area contributed by atoms with Crippen molar-refractivity contribution in [1.82, 2.24) is 14.9 Å². The van der Waals surface area contributed by atoms with Gasteiger partial charge in [0.2, 0.25) is 0 Å². The van der Waals surface area contributed by atoms with E-state index >= 15 is 0 Å². The molecule has 6 heteroatoms. The Balaban J connectivity index is 1.56. The number of nitrogens with one attached hydrogen (secondary N) is 1. The number of piperidine rings is 1. The lowest BCUT2D eigenvalue weighted by atomic mass is 9.98. The van der Waals surface area contributed by atoms with Crippen LogP contribution in [0.2, 0.25) is 0 Å². The summed E-state index contributed by atoms with van der Waals surface area (Å²) in [6.07, 6.45) is 3.63. The average molecular weight is 342 g/mol. The summed E-state index contributed by atoms with van der Waals surface area (Å²) in [7, 11) is 0. The predicted molar refractivity (Wildman–Crippen MR) is 98.6 cm³/mol. The highest BCUT2D eigenvalue weighted by Crippen LogP contribution is 2.20. The second-order valence-corrected chi connectivity index (χ2v) is 7.56. The minimum Gasteiger partial charge on any atom is -0.444 e. The SMILES string of the molecule is CC(C)(C)OC(=O)N1CCC[C@H](CNc2cnc3ccccc3n2)C1. The molecule has 0 spiro atoms. The average Bonchev–Trinajstić information content (AvgIpc) is 2.58. The van der Waals surface area contributed by atoms with Gasteiger partial charge in [0, 0.05) is 19.6 Å². The molecule has 25 heavy (non-hydrogen) atoms. The highest BCUT2D eigenvalue weighted by atomic mass is 16.6. The van der Waals surface area contributed by atoms with Crippen molar-refractivity contribution in [3.8, 4) is 0 Å². The fourth-order valence-corrected chi connectivity index (χ4v) is 3.02. The van der Waals surface area contributed by atoms with E-state index in [2.05, 4.69) is 15.3 Å². The van der Waals surface area contributed by atoms with Crippen LogP contribution in [0.5, 0.6) is 0 Å². The maximum Gasteiger partial charge on any atom is 0.410 e. The summed E-state index contributed by atoms with van der Waals surface area (Å²) >= 11 is 0. The Labute approximate surface area is 148 Å². The largest absolute Gasteiger partial charge is 0.444 e. The van der Waals surface area contributed by atoms with Gasteiger partial charge in [-0.15, -0.1) is 0 Å². The highest BCUT2D eigenvalue weighted by molar-refractivity contribution is 5.75. The molecule has 1 N–H and O–H groups in total. The quantitative estimate of drug-likeness (QED) is 0.921. The number of fused-ring (bicyclic) bond motifs is 1. The molecule has 1 amide bonds. The summed E-state index contributed by atoms with van der Waals surface area (Å²) in [5.41, 5.74) is 1.32. The van der Waals surface area contributed by atoms with Crippen molar-refractivity contribution < 1.29 is 9.53 Å². The number of likely N-dealkylation sites (tertiary alicyclic amines) is 1. The highest BCUT2D eigenvalue weighted by Gasteiger charge is 2.27. The van der Waals surface area contributed by atoms with E-state index in [1.165, 1.54) is 0 Å². The van der Waals surface area contributed by atoms with Crippen molar-refractivity contribution in [3.63, 3.8) is 0 Å². The zero-order valence-electron chi connectivity index (χ0n) is 15.2. The smallest absolute Gasteiger partial charge is 0.410 e. The van der Waals surface area contributed by atoms with Crippen LogP contribution in [0.25, 0.3) is 11.0 Å². The molecule has 0 radical (unpaired) electrons. The van der Waals surface area contributed by atoms with Crippen LogP contribution in [0.1, 0.15) is 33.6 Å². The number of aromatic nitrogens is 2. The van der Waals surface area contributed by atoms with Crippen LogP contribution in [0.4, 0.5) is 10.6 Å². The van der Waals surface area contributed by atoms with Crippen molar-refractivity contribution >= 4 is 22.9 Å². The molecule has 0 unspecified atom stereocenters. The first kappa shape index (κ1) is 17.5. The number of nitrogens with zero attached hydrogens (tertiary/aromatic N) is 3. The molecule has 1 aromatic carbocycles.